The highest BCUT2D eigenvalue weighted by atomic mass is 16.4. The van der Waals surface area contributed by atoms with E-state index in [1.807, 2.05) is 30.3 Å². The largest absolute Gasteiger partial charge is 0.465 e. The van der Waals surface area contributed by atoms with Crippen LogP contribution in [0.1, 0.15) is 51.5 Å². The molecule has 1 amide bonds. The average Bonchev–Trinajstić information content (AvgIpc) is 2.55. The lowest BCUT2D eigenvalue weighted by Crippen LogP contribution is -2.66. The second kappa shape index (κ2) is 6.91. The monoisotopic (exact) mass is 322 g/mol. The number of rotatable bonds is 4. The normalized spacial score (nSPS) is 32.3. The van der Waals surface area contributed by atoms with Crippen LogP contribution < -0.4 is 5.32 Å². The van der Waals surface area contributed by atoms with Crippen LogP contribution in [0.15, 0.2) is 30.3 Å². The molecule has 0 radical (unpaired) electrons. The minimum Gasteiger partial charge on any atom is -0.465 e. The number of hydrogen-bond donors (Lipinski definition) is 2. The first-order valence-corrected chi connectivity index (χ1v) is 8.04. The summed E-state index contributed by atoms with van der Waals surface area (Å²) in [7, 11) is 0. The van der Waals surface area contributed by atoms with Crippen molar-refractivity contribution in [3.63, 3.8) is 0 Å². The molecule has 0 spiro atoms. The van der Waals surface area contributed by atoms with Crippen molar-refractivity contribution in [2.75, 3.05) is 13.1 Å². The van der Waals surface area contributed by atoms with E-state index >= 15 is 0 Å². The Kier molecular flexibility index (Phi) is 3.85. The summed E-state index contributed by atoms with van der Waals surface area (Å²) in [5.41, 5.74) is -1.42. The van der Waals surface area contributed by atoms with Gasteiger partial charge in [0.05, 0.1) is 5.54 Å². The summed E-state index contributed by atoms with van der Waals surface area (Å²) in [6.07, 6.45) is -5.78. The van der Waals surface area contributed by atoms with Crippen LogP contribution in [0.2, 0.25) is 0 Å². The van der Waals surface area contributed by atoms with Crippen molar-refractivity contribution >= 4 is 6.09 Å². The molecular weight excluding hydrogens is 288 g/mol. The summed E-state index contributed by atoms with van der Waals surface area (Å²) in [5.74, 6) is -0.756. The zero-order chi connectivity index (χ0) is 20.7. The number of carbonyl (C=O) groups is 1. The SMILES string of the molecule is [2H]C1([2H])[C@H](C)CN(C(=O)O)[C@@](CNCc2ccccc2)(C(C)(C)C)C1([2H])[2H]. The zero-order valence-corrected chi connectivity index (χ0v) is 14.4. The molecule has 2 atom stereocenters. The quantitative estimate of drug-likeness (QED) is 0.882. The van der Waals surface area contributed by atoms with E-state index in [4.69, 9.17) is 5.48 Å². The van der Waals surface area contributed by atoms with Gasteiger partial charge in [0.25, 0.3) is 0 Å². The highest BCUT2D eigenvalue weighted by Gasteiger charge is 2.50. The Morgan fingerprint density at radius 3 is 2.65 bits per heavy atom. The Labute approximate surface area is 145 Å². The summed E-state index contributed by atoms with van der Waals surface area (Å²) in [5, 5.41) is 13.1. The van der Waals surface area contributed by atoms with Gasteiger partial charge in [-0.1, -0.05) is 58.0 Å². The van der Waals surface area contributed by atoms with Gasteiger partial charge in [-0.05, 0) is 29.6 Å². The molecule has 0 bridgehead atoms. The van der Waals surface area contributed by atoms with Crippen LogP contribution in [0.25, 0.3) is 0 Å². The number of piperidine rings is 1. The van der Waals surface area contributed by atoms with E-state index in [2.05, 4.69) is 5.32 Å². The molecule has 0 unspecified atom stereocenters. The standard InChI is InChI=1S/C19H30N2O2/c1-15-10-11-19(18(2,3)4,21(13-15)17(22)23)14-20-12-16-8-6-5-7-9-16/h5-9,15,20H,10-14H2,1-4H3,(H,22,23)/t15-,19-/m0/s1/i10D2,11D2. The fraction of sp³-hybridized carbons (Fsp3) is 0.632. The van der Waals surface area contributed by atoms with E-state index in [1.165, 1.54) is 0 Å². The number of likely N-dealkylation sites (tertiary alicyclic amines) is 1. The first-order chi connectivity index (χ1) is 12.3. The molecule has 23 heavy (non-hydrogen) atoms. The maximum atomic E-state index is 12.1. The summed E-state index contributed by atoms with van der Waals surface area (Å²) < 4.78 is 34.4. The van der Waals surface area contributed by atoms with E-state index in [-0.39, 0.29) is 13.1 Å². The summed E-state index contributed by atoms with van der Waals surface area (Å²) in [6, 6.07) is 9.58. The van der Waals surface area contributed by atoms with Gasteiger partial charge in [0.1, 0.15) is 0 Å². The minimum atomic E-state index is -2.39. The third kappa shape index (κ3) is 3.86. The van der Waals surface area contributed by atoms with Crippen LogP contribution in [0.5, 0.6) is 0 Å². The first kappa shape index (κ1) is 12.8. The zero-order valence-electron chi connectivity index (χ0n) is 18.4. The molecular formula is C19H30N2O2. The van der Waals surface area contributed by atoms with Crippen LogP contribution in [0.4, 0.5) is 4.79 Å². The van der Waals surface area contributed by atoms with Gasteiger partial charge in [0, 0.05) is 25.1 Å². The molecule has 1 aliphatic heterocycles. The van der Waals surface area contributed by atoms with Crippen molar-refractivity contribution in [3.05, 3.63) is 35.9 Å². The third-order valence-electron chi connectivity index (χ3n) is 4.47. The molecule has 2 rings (SSSR count). The van der Waals surface area contributed by atoms with Gasteiger partial charge in [0.15, 0.2) is 0 Å². The third-order valence-corrected chi connectivity index (χ3v) is 4.47. The van der Waals surface area contributed by atoms with Gasteiger partial charge >= 0.3 is 6.09 Å². The maximum Gasteiger partial charge on any atom is 0.407 e. The van der Waals surface area contributed by atoms with Gasteiger partial charge in [0.2, 0.25) is 0 Å². The van der Waals surface area contributed by atoms with Crippen molar-refractivity contribution < 1.29 is 15.4 Å². The molecule has 0 saturated carbocycles. The fourth-order valence-electron chi connectivity index (χ4n) is 3.01. The minimum absolute atomic E-state index is 0.0108. The van der Waals surface area contributed by atoms with Crippen LogP contribution in [0, 0.1) is 11.3 Å². The van der Waals surface area contributed by atoms with Gasteiger partial charge in [-0.15, -0.1) is 0 Å². The van der Waals surface area contributed by atoms with Gasteiger partial charge in [-0.3, -0.25) is 0 Å². The summed E-state index contributed by atoms with van der Waals surface area (Å²) in [6.45, 7) is 7.30. The number of nitrogens with zero attached hydrogens (tertiary/aromatic N) is 1. The molecule has 128 valence electrons. The molecule has 1 aromatic carbocycles. The molecule has 0 aliphatic carbocycles. The van der Waals surface area contributed by atoms with E-state index in [9.17, 15) is 9.90 Å². The molecule has 0 aromatic heterocycles. The number of nitrogens with one attached hydrogen (secondary N) is 1. The first-order valence-electron chi connectivity index (χ1n) is 10.0. The van der Waals surface area contributed by atoms with Crippen LogP contribution in [0.3, 0.4) is 0 Å². The van der Waals surface area contributed by atoms with E-state index in [1.54, 1.807) is 27.7 Å². The maximum absolute atomic E-state index is 12.1. The van der Waals surface area contributed by atoms with Crippen LogP contribution in [-0.4, -0.2) is 34.7 Å². The predicted octanol–water partition coefficient (Wildman–Crippen LogP) is 3.97. The summed E-state index contributed by atoms with van der Waals surface area (Å²) >= 11 is 0. The lowest BCUT2D eigenvalue weighted by Gasteiger charge is -2.55. The smallest absolute Gasteiger partial charge is 0.407 e. The molecule has 4 heteroatoms. The average molecular weight is 322 g/mol. The topological polar surface area (TPSA) is 52.6 Å². The van der Waals surface area contributed by atoms with Gasteiger partial charge in [-0.25, -0.2) is 4.79 Å². The van der Waals surface area contributed by atoms with E-state index in [0.29, 0.717) is 6.54 Å². The Morgan fingerprint density at radius 1 is 1.43 bits per heavy atom. The molecule has 1 aliphatic rings. The second-order valence-electron chi connectivity index (χ2n) is 7.26. The van der Waals surface area contributed by atoms with E-state index in [0.717, 1.165) is 10.5 Å². The van der Waals surface area contributed by atoms with Crippen molar-refractivity contribution in [3.8, 4) is 0 Å². The molecule has 1 aromatic rings. The van der Waals surface area contributed by atoms with Crippen molar-refractivity contribution in [1.82, 2.24) is 10.2 Å². The van der Waals surface area contributed by atoms with Crippen molar-refractivity contribution in [1.29, 1.82) is 0 Å². The highest BCUT2D eigenvalue weighted by Crippen LogP contribution is 2.43. The molecule has 1 heterocycles. The molecule has 2 N–H and O–H groups in total. The van der Waals surface area contributed by atoms with Gasteiger partial charge in [-0.2, -0.15) is 0 Å². The van der Waals surface area contributed by atoms with Crippen LogP contribution in [-0.2, 0) is 6.54 Å². The number of hydrogen-bond acceptors (Lipinski definition) is 2. The Hall–Kier alpha value is -1.55. The second-order valence-corrected chi connectivity index (χ2v) is 7.26. The number of carboxylic acid groups (broad SMARTS) is 1. The van der Waals surface area contributed by atoms with E-state index < -0.39 is 35.7 Å². The summed E-state index contributed by atoms with van der Waals surface area (Å²) in [4.78, 5) is 13.2. The number of amides is 1. The molecule has 1 saturated heterocycles. The lowest BCUT2D eigenvalue weighted by atomic mass is 9.66. The fourth-order valence-corrected chi connectivity index (χ4v) is 3.01. The predicted molar refractivity (Wildman–Crippen MR) is 93.5 cm³/mol. The van der Waals surface area contributed by atoms with Crippen molar-refractivity contribution in [2.24, 2.45) is 11.3 Å². The Balaban J connectivity index is 2.49. The Morgan fingerprint density at radius 2 is 2.09 bits per heavy atom. The van der Waals surface area contributed by atoms with Gasteiger partial charge < -0.3 is 15.3 Å². The number of benzene rings is 1. The highest BCUT2D eigenvalue weighted by molar-refractivity contribution is 5.66. The molecule has 4 nitrogen and oxygen atoms in total. The Bertz CT molecular complexity index is 676. The van der Waals surface area contributed by atoms with Crippen LogP contribution >= 0.6 is 0 Å². The van der Waals surface area contributed by atoms with Crippen molar-refractivity contribution in [2.45, 2.75) is 52.5 Å². The lowest BCUT2D eigenvalue weighted by molar-refractivity contribution is -0.0377. The molecule has 1 fully saturated rings.